The first kappa shape index (κ1) is 30.0. The maximum Gasteiger partial charge on any atom is 0.365 e. The van der Waals surface area contributed by atoms with Crippen LogP contribution in [0.1, 0.15) is 50.4 Å². The summed E-state index contributed by atoms with van der Waals surface area (Å²) in [6.07, 6.45) is 1.52. The van der Waals surface area contributed by atoms with Crippen molar-refractivity contribution < 1.29 is 56.9 Å². The summed E-state index contributed by atoms with van der Waals surface area (Å²) in [6, 6.07) is 9.75. The number of hydrogen-bond acceptors (Lipinski definition) is 6. The number of benzene rings is 2. The first-order valence-electron chi connectivity index (χ1n) is 12.0. The van der Waals surface area contributed by atoms with Crippen molar-refractivity contribution in [2.45, 2.75) is 58.2 Å². The molecule has 0 aliphatic carbocycles. The van der Waals surface area contributed by atoms with E-state index in [0.29, 0.717) is 33.9 Å². The Bertz CT molecular complexity index is 1070. The van der Waals surface area contributed by atoms with Crippen molar-refractivity contribution in [1.29, 1.82) is 0 Å². The van der Waals surface area contributed by atoms with Gasteiger partial charge < -0.3 is 52.1 Å². The van der Waals surface area contributed by atoms with Crippen LogP contribution in [-0.4, -0.2) is 64.1 Å². The molecule has 0 saturated heterocycles. The predicted molar refractivity (Wildman–Crippen MR) is 136 cm³/mol. The van der Waals surface area contributed by atoms with E-state index in [2.05, 4.69) is 25.2 Å². The van der Waals surface area contributed by atoms with Gasteiger partial charge in [-0.15, -0.1) is 0 Å². The molecule has 36 heavy (non-hydrogen) atoms. The fourth-order valence-corrected chi connectivity index (χ4v) is 4.94. The Labute approximate surface area is 232 Å². The van der Waals surface area contributed by atoms with Gasteiger partial charge in [0.15, 0.2) is 29.0 Å². The summed E-state index contributed by atoms with van der Waals surface area (Å²) in [4.78, 5) is 13.3. The van der Waals surface area contributed by atoms with Gasteiger partial charge in [0.2, 0.25) is 0 Å². The number of likely N-dealkylation sites (N-methyl/N-ethyl adjacent to an activating group) is 1. The SMILES string of the molecule is COc1ccc(CC2c3cc(OC)c(OC)cc3CC[N+]2(C)C(C)C(=O)OC(C)(C)C)cc1OC.[I-]. The zero-order valence-electron chi connectivity index (χ0n) is 22.9. The Balaban J connectivity index is 0.00000456. The van der Waals surface area contributed by atoms with Crippen LogP contribution in [0.5, 0.6) is 23.0 Å². The lowest BCUT2D eigenvalue weighted by atomic mass is 9.85. The average molecular weight is 614 g/mol. The minimum absolute atomic E-state index is 0. The van der Waals surface area contributed by atoms with Crippen LogP contribution in [0.3, 0.4) is 0 Å². The summed E-state index contributed by atoms with van der Waals surface area (Å²) in [5, 5.41) is 0. The molecular weight excluding hydrogens is 573 g/mol. The van der Waals surface area contributed by atoms with Crippen molar-refractivity contribution in [1.82, 2.24) is 0 Å². The Morgan fingerprint density at radius 3 is 2.06 bits per heavy atom. The number of hydrogen-bond donors (Lipinski definition) is 0. The quantitative estimate of drug-likeness (QED) is 0.257. The van der Waals surface area contributed by atoms with Gasteiger partial charge in [0.25, 0.3) is 0 Å². The molecule has 0 spiro atoms. The van der Waals surface area contributed by atoms with Crippen molar-refractivity contribution in [2.75, 3.05) is 42.0 Å². The number of rotatable bonds is 8. The highest BCUT2D eigenvalue weighted by molar-refractivity contribution is 5.74. The molecule has 1 aliphatic heterocycles. The molecule has 0 saturated carbocycles. The standard InChI is InChI=1S/C28H40NO6.HI/c1-18(27(30)35-28(2,3)4)29(5)13-12-20-16-25(33-8)26(34-9)17-21(20)22(29)14-19-10-11-23(31-6)24(15-19)32-7;/h10-11,15-18,22H,12-14H2,1-9H3;1H/q+1;/p-1. The number of nitrogens with zero attached hydrogens (tertiary/aromatic N) is 1. The maximum atomic E-state index is 13.3. The van der Waals surface area contributed by atoms with Crippen molar-refractivity contribution in [3.63, 3.8) is 0 Å². The third kappa shape index (κ3) is 6.19. The lowest BCUT2D eigenvalue weighted by Gasteiger charge is -2.49. The van der Waals surface area contributed by atoms with Gasteiger partial charge in [0.1, 0.15) is 11.6 Å². The molecule has 2 aromatic carbocycles. The molecule has 3 rings (SSSR count). The minimum atomic E-state index is -0.548. The molecular formula is C28H40INO6. The second-order valence-electron chi connectivity index (χ2n) is 10.3. The van der Waals surface area contributed by atoms with Crippen LogP contribution >= 0.6 is 0 Å². The van der Waals surface area contributed by atoms with E-state index in [0.717, 1.165) is 24.1 Å². The molecule has 7 nitrogen and oxygen atoms in total. The van der Waals surface area contributed by atoms with Crippen molar-refractivity contribution >= 4 is 5.97 Å². The molecule has 3 unspecified atom stereocenters. The third-order valence-electron chi connectivity index (χ3n) is 7.09. The number of methoxy groups -OCH3 is 4. The molecule has 0 bridgehead atoms. The van der Waals surface area contributed by atoms with Gasteiger partial charge in [0.05, 0.1) is 42.0 Å². The molecule has 0 radical (unpaired) electrons. The molecule has 0 amide bonds. The normalized spacial score (nSPS) is 19.9. The van der Waals surface area contributed by atoms with Crippen molar-refractivity contribution in [3.8, 4) is 23.0 Å². The zero-order chi connectivity index (χ0) is 26.0. The van der Waals surface area contributed by atoms with Gasteiger partial charge in [-0.25, -0.2) is 4.79 Å². The fraction of sp³-hybridized carbons (Fsp3) is 0.536. The Kier molecular flexibility index (Phi) is 9.92. The Morgan fingerprint density at radius 2 is 1.50 bits per heavy atom. The highest BCUT2D eigenvalue weighted by Gasteiger charge is 2.47. The third-order valence-corrected chi connectivity index (χ3v) is 7.09. The van der Waals surface area contributed by atoms with Crippen LogP contribution < -0.4 is 42.9 Å². The van der Waals surface area contributed by atoms with Crippen molar-refractivity contribution in [3.05, 3.63) is 47.0 Å². The van der Waals surface area contributed by atoms with Crippen LogP contribution in [-0.2, 0) is 22.4 Å². The second-order valence-corrected chi connectivity index (χ2v) is 10.3. The lowest BCUT2D eigenvalue weighted by molar-refractivity contribution is -0.954. The summed E-state index contributed by atoms with van der Waals surface area (Å²) in [6.45, 7) is 8.48. The minimum Gasteiger partial charge on any atom is -1.00 e. The Hall–Kier alpha value is -2.20. The smallest absolute Gasteiger partial charge is 0.365 e. The first-order valence-corrected chi connectivity index (χ1v) is 12.0. The number of ether oxygens (including phenoxy) is 5. The zero-order valence-corrected chi connectivity index (χ0v) is 25.1. The van der Waals surface area contributed by atoms with Crippen LogP contribution in [0.2, 0.25) is 0 Å². The summed E-state index contributed by atoms with van der Waals surface area (Å²) in [5.41, 5.74) is 2.91. The van der Waals surface area contributed by atoms with E-state index in [1.165, 1.54) is 5.56 Å². The first-order chi connectivity index (χ1) is 16.5. The average Bonchev–Trinajstić information content (AvgIpc) is 2.83. The number of carbonyl (C=O) groups excluding carboxylic acids is 1. The molecule has 8 heteroatoms. The monoisotopic (exact) mass is 613 g/mol. The summed E-state index contributed by atoms with van der Waals surface area (Å²) < 4.78 is 28.5. The van der Waals surface area contributed by atoms with E-state index in [1.54, 1.807) is 28.4 Å². The molecule has 1 heterocycles. The lowest BCUT2D eigenvalue weighted by Crippen LogP contribution is -3.00. The predicted octanol–water partition coefficient (Wildman–Crippen LogP) is 1.74. The summed E-state index contributed by atoms with van der Waals surface area (Å²) in [5.74, 6) is 2.57. The van der Waals surface area contributed by atoms with Gasteiger partial charge in [0, 0.05) is 18.4 Å². The molecule has 1 aliphatic rings. The van der Waals surface area contributed by atoms with Gasteiger partial charge in [-0.3, -0.25) is 0 Å². The number of fused-ring (bicyclic) bond motifs is 1. The van der Waals surface area contributed by atoms with Gasteiger partial charge in [-0.1, -0.05) is 6.07 Å². The van der Waals surface area contributed by atoms with Crippen molar-refractivity contribution in [2.24, 2.45) is 0 Å². The van der Waals surface area contributed by atoms with Crippen LogP contribution in [0.4, 0.5) is 0 Å². The fourth-order valence-electron chi connectivity index (χ4n) is 4.94. The van der Waals surface area contributed by atoms with Gasteiger partial charge in [-0.2, -0.15) is 0 Å². The van der Waals surface area contributed by atoms with E-state index in [1.807, 2.05) is 39.8 Å². The topological polar surface area (TPSA) is 63.2 Å². The molecule has 3 atom stereocenters. The molecule has 0 fully saturated rings. The number of quaternary nitrogens is 1. The van der Waals surface area contributed by atoms with Crippen LogP contribution in [0.15, 0.2) is 30.3 Å². The Morgan fingerprint density at radius 1 is 0.944 bits per heavy atom. The highest BCUT2D eigenvalue weighted by Crippen LogP contribution is 2.44. The van der Waals surface area contributed by atoms with Crippen LogP contribution in [0, 0.1) is 0 Å². The second kappa shape index (κ2) is 11.9. The van der Waals surface area contributed by atoms with E-state index in [-0.39, 0.29) is 42.0 Å². The van der Waals surface area contributed by atoms with Gasteiger partial charge >= 0.3 is 5.97 Å². The highest BCUT2D eigenvalue weighted by atomic mass is 127. The van der Waals surface area contributed by atoms with E-state index >= 15 is 0 Å². The number of carbonyl (C=O) groups is 1. The van der Waals surface area contributed by atoms with Crippen LogP contribution in [0.25, 0.3) is 0 Å². The number of esters is 1. The largest absolute Gasteiger partial charge is 1.00 e. The van der Waals surface area contributed by atoms with Gasteiger partial charge in [-0.05, 0) is 63.1 Å². The van der Waals surface area contributed by atoms with E-state index < -0.39 is 5.60 Å². The molecule has 2 aromatic rings. The number of halogens is 1. The summed E-state index contributed by atoms with van der Waals surface area (Å²) >= 11 is 0. The summed E-state index contributed by atoms with van der Waals surface area (Å²) in [7, 11) is 8.72. The van der Waals surface area contributed by atoms with E-state index in [4.69, 9.17) is 23.7 Å². The molecule has 0 aromatic heterocycles. The van der Waals surface area contributed by atoms with E-state index in [9.17, 15) is 4.79 Å². The maximum absolute atomic E-state index is 13.3. The molecule has 200 valence electrons. The molecule has 0 N–H and O–H groups in total.